The molecule has 0 aliphatic heterocycles. The van der Waals surface area contributed by atoms with Crippen LogP contribution in [0, 0.1) is 5.82 Å². The second-order valence-corrected chi connectivity index (χ2v) is 8.83. The monoisotopic (exact) mass is 462 g/mol. The van der Waals surface area contributed by atoms with Crippen LogP contribution in [0.4, 0.5) is 17.6 Å². The SMILES string of the molecule is COc1ccc(F)cc1C(C)(C)CC(Cc1ccnc2ccccc12)(NC(C)=O)C(F)(F)F. The summed E-state index contributed by atoms with van der Waals surface area (Å²) in [6.07, 6.45) is -4.41. The molecule has 0 aliphatic rings. The average molecular weight is 462 g/mol. The van der Waals surface area contributed by atoms with Crippen molar-refractivity contribution in [2.45, 2.75) is 50.7 Å². The summed E-state index contributed by atoms with van der Waals surface area (Å²) in [4.78, 5) is 16.3. The van der Waals surface area contributed by atoms with Crippen LogP contribution in [0.3, 0.4) is 0 Å². The largest absolute Gasteiger partial charge is 0.496 e. The molecule has 4 nitrogen and oxygen atoms in total. The van der Waals surface area contributed by atoms with Crippen molar-refractivity contribution in [3.05, 3.63) is 71.7 Å². The first-order chi connectivity index (χ1) is 15.4. The zero-order valence-electron chi connectivity index (χ0n) is 18.9. The number of halogens is 4. The lowest BCUT2D eigenvalue weighted by molar-refractivity contribution is -0.203. The van der Waals surface area contributed by atoms with E-state index < -0.39 is 41.7 Å². The Morgan fingerprint density at radius 2 is 1.79 bits per heavy atom. The number of nitrogens with zero attached hydrogens (tertiary/aromatic N) is 1. The van der Waals surface area contributed by atoms with E-state index in [4.69, 9.17) is 4.74 Å². The van der Waals surface area contributed by atoms with Crippen molar-refractivity contribution in [2.24, 2.45) is 0 Å². The van der Waals surface area contributed by atoms with E-state index in [9.17, 15) is 22.4 Å². The van der Waals surface area contributed by atoms with Crippen LogP contribution in [-0.2, 0) is 16.6 Å². The molecule has 0 bridgehead atoms. The molecule has 8 heteroatoms. The van der Waals surface area contributed by atoms with E-state index in [1.54, 1.807) is 38.1 Å². The van der Waals surface area contributed by atoms with E-state index in [-0.39, 0.29) is 11.3 Å². The molecule has 2 aromatic carbocycles. The van der Waals surface area contributed by atoms with Crippen molar-refractivity contribution in [3.63, 3.8) is 0 Å². The molecular weight excluding hydrogens is 436 g/mol. The third-order valence-corrected chi connectivity index (χ3v) is 5.82. The van der Waals surface area contributed by atoms with Crippen molar-refractivity contribution in [2.75, 3.05) is 7.11 Å². The molecule has 1 N–H and O–H groups in total. The summed E-state index contributed by atoms with van der Waals surface area (Å²) in [6.45, 7) is 4.22. The summed E-state index contributed by atoms with van der Waals surface area (Å²) in [5.74, 6) is -1.13. The van der Waals surface area contributed by atoms with Gasteiger partial charge in [-0.1, -0.05) is 32.0 Å². The van der Waals surface area contributed by atoms with E-state index in [2.05, 4.69) is 10.3 Å². The maximum Gasteiger partial charge on any atom is 0.411 e. The van der Waals surface area contributed by atoms with Crippen LogP contribution in [0.15, 0.2) is 54.7 Å². The predicted octanol–water partition coefficient (Wildman–Crippen LogP) is 5.73. The highest BCUT2D eigenvalue weighted by molar-refractivity contribution is 5.82. The molecule has 1 unspecified atom stereocenters. The second-order valence-electron chi connectivity index (χ2n) is 8.83. The fraction of sp³-hybridized carbons (Fsp3) is 0.360. The minimum Gasteiger partial charge on any atom is -0.496 e. The maximum absolute atomic E-state index is 14.8. The van der Waals surface area contributed by atoms with E-state index in [0.29, 0.717) is 16.5 Å². The zero-order valence-corrected chi connectivity index (χ0v) is 18.9. The molecule has 0 spiro atoms. The number of nitrogens with one attached hydrogen (secondary N) is 1. The molecule has 1 heterocycles. The fourth-order valence-electron chi connectivity index (χ4n) is 4.45. The van der Waals surface area contributed by atoms with Crippen LogP contribution < -0.4 is 10.1 Å². The Kier molecular flexibility index (Phi) is 6.68. The zero-order chi connectivity index (χ0) is 24.4. The van der Waals surface area contributed by atoms with Gasteiger partial charge in [0.2, 0.25) is 5.91 Å². The lowest BCUT2D eigenvalue weighted by atomic mass is 9.70. The van der Waals surface area contributed by atoms with Gasteiger partial charge in [0, 0.05) is 30.5 Å². The van der Waals surface area contributed by atoms with Crippen molar-refractivity contribution >= 4 is 16.8 Å². The number of rotatable bonds is 7. The van der Waals surface area contributed by atoms with E-state index in [1.807, 2.05) is 0 Å². The molecule has 1 aromatic heterocycles. The molecule has 0 saturated heterocycles. The summed E-state index contributed by atoms with van der Waals surface area (Å²) in [5, 5.41) is 2.78. The number of pyridine rings is 1. The highest BCUT2D eigenvalue weighted by atomic mass is 19.4. The van der Waals surface area contributed by atoms with Crippen LogP contribution in [-0.4, -0.2) is 29.7 Å². The number of hydrogen-bond acceptors (Lipinski definition) is 3. The van der Waals surface area contributed by atoms with Crippen molar-refractivity contribution in [1.82, 2.24) is 10.3 Å². The Hall–Kier alpha value is -3.16. The Morgan fingerprint density at radius 1 is 1.09 bits per heavy atom. The maximum atomic E-state index is 14.8. The number of methoxy groups -OCH3 is 1. The minimum absolute atomic E-state index is 0.273. The topological polar surface area (TPSA) is 51.2 Å². The number of aromatic nitrogens is 1. The van der Waals surface area contributed by atoms with Crippen LogP contribution in [0.2, 0.25) is 0 Å². The number of alkyl halides is 3. The summed E-state index contributed by atoms with van der Waals surface area (Å²) >= 11 is 0. The molecular formula is C25H26F4N2O2. The molecule has 3 aromatic rings. The Labute approximate surface area is 190 Å². The quantitative estimate of drug-likeness (QED) is 0.456. The first kappa shape index (κ1) is 24.5. The number of para-hydroxylation sites is 1. The molecule has 3 rings (SSSR count). The Bertz CT molecular complexity index is 1160. The average Bonchev–Trinajstić information content (AvgIpc) is 2.72. The highest BCUT2D eigenvalue weighted by Gasteiger charge is 2.57. The number of ether oxygens (including phenoxy) is 1. The van der Waals surface area contributed by atoms with Gasteiger partial charge in [0.1, 0.15) is 17.1 Å². The van der Waals surface area contributed by atoms with Crippen LogP contribution in [0.25, 0.3) is 10.9 Å². The summed E-state index contributed by atoms with van der Waals surface area (Å²) in [5.41, 5.74) is -2.60. The van der Waals surface area contributed by atoms with Gasteiger partial charge in [0.05, 0.1) is 12.6 Å². The molecule has 1 amide bonds. The molecule has 0 aliphatic carbocycles. The van der Waals surface area contributed by atoms with Gasteiger partial charge in [-0.25, -0.2) is 4.39 Å². The van der Waals surface area contributed by atoms with Gasteiger partial charge >= 0.3 is 6.18 Å². The smallest absolute Gasteiger partial charge is 0.411 e. The Morgan fingerprint density at radius 3 is 2.42 bits per heavy atom. The van der Waals surface area contributed by atoms with Crippen molar-refractivity contribution < 1.29 is 27.1 Å². The minimum atomic E-state index is -4.80. The Balaban J connectivity index is 2.17. The first-order valence-electron chi connectivity index (χ1n) is 10.4. The summed E-state index contributed by atoms with van der Waals surface area (Å²) in [7, 11) is 1.38. The van der Waals surface area contributed by atoms with Crippen LogP contribution >= 0.6 is 0 Å². The standard InChI is InChI=1S/C25H26F4N2O2/c1-16(32)31-24(25(27,28)29,14-17-11-12-30-21-8-6-5-7-19(17)21)15-23(2,3)20-13-18(26)9-10-22(20)33-4/h5-13H,14-15H2,1-4H3,(H,31,32). The van der Waals surface area contributed by atoms with E-state index in [0.717, 1.165) is 6.92 Å². The molecule has 0 saturated carbocycles. The van der Waals surface area contributed by atoms with Crippen molar-refractivity contribution in [1.29, 1.82) is 0 Å². The van der Waals surface area contributed by atoms with E-state index >= 15 is 0 Å². The van der Waals surface area contributed by atoms with Gasteiger partial charge in [-0.2, -0.15) is 13.2 Å². The molecule has 176 valence electrons. The fourth-order valence-corrected chi connectivity index (χ4v) is 4.45. The molecule has 0 radical (unpaired) electrons. The predicted molar refractivity (Wildman–Crippen MR) is 119 cm³/mol. The lowest BCUT2D eigenvalue weighted by Gasteiger charge is -2.42. The van der Waals surface area contributed by atoms with Gasteiger partial charge < -0.3 is 10.1 Å². The van der Waals surface area contributed by atoms with Crippen LogP contribution in [0.5, 0.6) is 5.75 Å². The number of amides is 1. The number of hydrogen-bond donors (Lipinski definition) is 1. The number of benzene rings is 2. The lowest BCUT2D eigenvalue weighted by Crippen LogP contribution is -2.62. The van der Waals surface area contributed by atoms with Crippen LogP contribution in [0.1, 0.15) is 38.3 Å². The van der Waals surface area contributed by atoms with Gasteiger partial charge in [-0.15, -0.1) is 0 Å². The van der Waals surface area contributed by atoms with Gasteiger partial charge in [-0.05, 0) is 47.7 Å². The number of fused-ring (bicyclic) bond motifs is 1. The number of carbonyl (C=O) groups is 1. The molecule has 1 atom stereocenters. The second kappa shape index (κ2) is 9.00. The van der Waals surface area contributed by atoms with Crippen molar-refractivity contribution in [3.8, 4) is 5.75 Å². The normalized spacial score (nSPS) is 14.1. The van der Waals surface area contributed by atoms with E-state index in [1.165, 1.54) is 37.6 Å². The molecule has 33 heavy (non-hydrogen) atoms. The first-order valence-corrected chi connectivity index (χ1v) is 10.4. The number of carbonyl (C=O) groups excluding carboxylic acids is 1. The molecule has 0 fully saturated rings. The summed E-state index contributed by atoms with van der Waals surface area (Å²) < 4.78 is 63.7. The van der Waals surface area contributed by atoms with Gasteiger partial charge in [-0.3, -0.25) is 9.78 Å². The summed E-state index contributed by atoms with van der Waals surface area (Å²) in [6, 6.07) is 12.2. The van der Waals surface area contributed by atoms with Gasteiger partial charge in [0.15, 0.2) is 0 Å². The third-order valence-electron chi connectivity index (χ3n) is 5.82. The highest BCUT2D eigenvalue weighted by Crippen LogP contribution is 2.45. The van der Waals surface area contributed by atoms with Gasteiger partial charge in [0.25, 0.3) is 0 Å². The third kappa shape index (κ3) is 5.10.